The smallest absolute Gasteiger partial charge is 0.243 e. The summed E-state index contributed by atoms with van der Waals surface area (Å²) in [5.41, 5.74) is 1.41. The number of rotatable bonds is 4. The van der Waals surface area contributed by atoms with Gasteiger partial charge in [-0.2, -0.15) is 5.01 Å². The van der Waals surface area contributed by atoms with Crippen molar-refractivity contribution in [1.82, 2.24) is 5.01 Å². The minimum absolute atomic E-state index is 0.0412. The van der Waals surface area contributed by atoms with E-state index in [4.69, 9.17) is 23.2 Å². The lowest BCUT2D eigenvalue weighted by atomic mass is 10.1. The number of hydrogen-bond acceptors (Lipinski definition) is 3. The molecule has 1 heterocycles. The fourth-order valence-electron chi connectivity index (χ4n) is 2.72. The van der Waals surface area contributed by atoms with E-state index < -0.39 is 6.23 Å². The second kappa shape index (κ2) is 6.89. The largest absolute Gasteiger partial charge is 0.376 e. The molecule has 1 saturated heterocycles. The summed E-state index contributed by atoms with van der Waals surface area (Å²) in [6, 6.07) is 14.5. The minimum Gasteiger partial charge on any atom is -0.376 e. The number of benzene rings is 2. The third-order valence-corrected chi connectivity index (χ3v) is 4.55. The first-order chi connectivity index (χ1) is 11.1. The van der Waals surface area contributed by atoms with Crippen LogP contribution in [-0.2, 0) is 11.2 Å². The van der Waals surface area contributed by atoms with Crippen LogP contribution in [0.2, 0.25) is 10.0 Å². The van der Waals surface area contributed by atoms with Gasteiger partial charge in [0.2, 0.25) is 5.91 Å². The van der Waals surface area contributed by atoms with Crippen LogP contribution in [0.3, 0.4) is 0 Å². The molecule has 23 heavy (non-hydrogen) atoms. The van der Waals surface area contributed by atoms with E-state index in [2.05, 4.69) is 0 Å². The van der Waals surface area contributed by atoms with E-state index in [1.807, 2.05) is 30.3 Å². The number of hydrogen-bond donors (Lipinski definition) is 1. The van der Waals surface area contributed by atoms with Crippen molar-refractivity contribution in [3.63, 3.8) is 0 Å². The van der Waals surface area contributed by atoms with Gasteiger partial charge in [-0.15, -0.1) is 0 Å². The minimum atomic E-state index is -0.890. The average molecular weight is 351 g/mol. The molecule has 0 radical (unpaired) electrons. The first kappa shape index (κ1) is 16.3. The van der Waals surface area contributed by atoms with E-state index in [1.165, 1.54) is 5.01 Å². The van der Waals surface area contributed by atoms with Gasteiger partial charge in [-0.1, -0.05) is 47.5 Å². The third kappa shape index (κ3) is 3.35. The van der Waals surface area contributed by atoms with Crippen molar-refractivity contribution >= 4 is 34.8 Å². The van der Waals surface area contributed by atoms with E-state index in [0.29, 0.717) is 28.6 Å². The van der Waals surface area contributed by atoms with Gasteiger partial charge in [-0.05, 0) is 29.8 Å². The van der Waals surface area contributed by atoms with E-state index in [9.17, 15) is 9.90 Å². The topological polar surface area (TPSA) is 43.8 Å². The zero-order valence-corrected chi connectivity index (χ0v) is 13.8. The van der Waals surface area contributed by atoms with Gasteiger partial charge in [0, 0.05) is 29.4 Å². The quantitative estimate of drug-likeness (QED) is 0.917. The molecule has 0 spiro atoms. The molecule has 0 bridgehead atoms. The standard InChI is InChI=1S/C17H16Cl2N2O2/c18-14-7-4-8-15(19)13(14)11-17(23)20-10-9-16(22)21(20)12-5-2-1-3-6-12/h1-8,17,23H,9-11H2. The van der Waals surface area contributed by atoms with Gasteiger partial charge >= 0.3 is 0 Å². The van der Waals surface area contributed by atoms with Crippen molar-refractivity contribution < 1.29 is 9.90 Å². The summed E-state index contributed by atoms with van der Waals surface area (Å²) < 4.78 is 0. The summed E-state index contributed by atoms with van der Waals surface area (Å²) in [4.78, 5) is 12.2. The van der Waals surface area contributed by atoms with Crippen LogP contribution in [0.5, 0.6) is 0 Å². The molecule has 1 fully saturated rings. The highest BCUT2D eigenvalue weighted by Gasteiger charge is 2.34. The predicted molar refractivity (Wildman–Crippen MR) is 91.4 cm³/mol. The number of carbonyl (C=O) groups excluding carboxylic acids is 1. The van der Waals surface area contributed by atoms with Gasteiger partial charge in [0.25, 0.3) is 0 Å². The van der Waals surface area contributed by atoms with Crippen molar-refractivity contribution in [3.05, 3.63) is 64.1 Å². The Bertz CT molecular complexity index is 689. The van der Waals surface area contributed by atoms with Crippen LogP contribution in [0.4, 0.5) is 5.69 Å². The summed E-state index contributed by atoms with van der Waals surface area (Å²) in [7, 11) is 0. The summed E-state index contributed by atoms with van der Waals surface area (Å²) in [6.07, 6.45) is -0.281. The molecule has 0 saturated carbocycles. The van der Waals surface area contributed by atoms with Crippen molar-refractivity contribution in [3.8, 4) is 0 Å². The molecule has 1 aliphatic heterocycles. The molecule has 3 rings (SSSR count). The van der Waals surface area contributed by atoms with Crippen LogP contribution in [0.1, 0.15) is 12.0 Å². The van der Waals surface area contributed by atoms with Crippen LogP contribution >= 0.6 is 23.2 Å². The van der Waals surface area contributed by atoms with Crippen LogP contribution < -0.4 is 5.01 Å². The SMILES string of the molecule is O=C1CCN(C(O)Cc2c(Cl)cccc2Cl)N1c1ccccc1. The molecule has 1 N–H and O–H groups in total. The van der Waals surface area contributed by atoms with Crippen LogP contribution in [-0.4, -0.2) is 28.8 Å². The van der Waals surface area contributed by atoms with E-state index in [-0.39, 0.29) is 12.3 Å². The first-order valence-electron chi connectivity index (χ1n) is 7.33. The number of amides is 1. The van der Waals surface area contributed by atoms with Gasteiger partial charge in [0.15, 0.2) is 0 Å². The fourth-order valence-corrected chi connectivity index (χ4v) is 3.27. The summed E-state index contributed by atoms with van der Waals surface area (Å²) in [6.45, 7) is 0.455. The van der Waals surface area contributed by atoms with Gasteiger partial charge in [0.05, 0.1) is 5.69 Å². The number of carbonyl (C=O) groups is 1. The van der Waals surface area contributed by atoms with Crippen LogP contribution in [0.15, 0.2) is 48.5 Å². The zero-order valence-electron chi connectivity index (χ0n) is 12.3. The second-order valence-electron chi connectivity index (χ2n) is 5.34. The number of hydrazine groups is 1. The highest BCUT2D eigenvalue weighted by molar-refractivity contribution is 6.36. The lowest BCUT2D eigenvalue weighted by Gasteiger charge is -2.32. The van der Waals surface area contributed by atoms with E-state index in [1.54, 1.807) is 23.2 Å². The predicted octanol–water partition coefficient (Wildman–Crippen LogP) is 3.51. The lowest BCUT2D eigenvalue weighted by Crippen LogP contribution is -2.46. The maximum atomic E-state index is 12.2. The van der Waals surface area contributed by atoms with Crippen LogP contribution in [0.25, 0.3) is 0 Å². The second-order valence-corrected chi connectivity index (χ2v) is 6.15. The number of aliphatic hydroxyl groups excluding tert-OH is 1. The molecule has 1 unspecified atom stereocenters. The van der Waals surface area contributed by atoms with Gasteiger partial charge in [-0.25, -0.2) is 5.01 Å². The van der Waals surface area contributed by atoms with Gasteiger partial charge in [0.1, 0.15) is 6.23 Å². The Labute approximate surface area is 144 Å². The summed E-state index contributed by atoms with van der Waals surface area (Å²) >= 11 is 12.3. The first-order valence-corrected chi connectivity index (χ1v) is 8.09. The number of para-hydroxylation sites is 1. The number of nitrogens with zero attached hydrogens (tertiary/aromatic N) is 2. The van der Waals surface area contributed by atoms with Crippen molar-refractivity contribution in [2.75, 3.05) is 11.6 Å². The molecule has 1 amide bonds. The van der Waals surface area contributed by atoms with Crippen LogP contribution in [0, 0.1) is 0 Å². The molecular weight excluding hydrogens is 335 g/mol. The zero-order chi connectivity index (χ0) is 16.4. The molecule has 0 aromatic heterocycles. The maximum absolute atomic E-state index is 12.2. The molecule has 2 aromatic carbocycles. The molecule has 120 valence electrons. The molecule has 1 atom stereocenters. The van der Waals surface area contributed by atoms with Crippen molar-refractivity contribution in [2.24, 2.45) is 0 Å². The number of halogens is 2. The summed E-state index contributed by atoms with van der Waals surface area (Å²) in [5.74, 6) is -0.0412. The Morgan fingerprint density at radius 2 is 1.70 bits per heavy atom. The highest BCUT2D eigenvalue weighted by Crippen LogP contribution is 2.29. The molecule has 4 nitrogen and oxygen atoms in total. The highest BCUT2D eigenvalue weighted by atomic mass is 35.5. The number of anilines is 1. The summed E-state index contributed by atoms with van der Waals surface area (Å²) in [5, 5.41) is 14.8. The normalized spacial score (nSPS) is 16.8. The Balaban J connectivity index is 1.84. The Kier molecular flexibility index (Phi) is 4.87. The molecule has 0 aliphatic carbocycles. The molecule has 2 aromatic rings. The van der Waals surface area contributed by atoms with Crippen molar-refractivity contribution in [2.45, 2.75) is 19.1 Å². The molecular formula is C17H16Cl2N2O2. The monoisotopic (exact) mass is 350 g/mol. The Morgan fingerprint density at radius 3 is 2.35 bits per heavy atom. The van der Waals surface area contributed by atoms with Gasteiger partial charge < -0.3 is 5.11 Å². The van der Waals surface area contributed by atoms with E-state index >= 15 is 0 Å². The fraction of sp³-hybridized carbons (Fsp3) is 0.235. The van der Waals surface area contributed by atoms with Gasteiger partial charge in [-0.3, -0.25) is 4.79 Å². The number of aliphatic hydroxyl groups is 1. The van der Waals surface area contributed by atoms with Crippen molar-refractivity contribution in [1.29, 1.82) is 0 Å². The Morgan fingerprint density at radius 1 is 1.04 bits per heavy atom. The lowest BCUT2D eigenvalue weighted by molar-refractivity contribution is -0.119. The molecule has 6 heteroatoms. The maximum Gasteiger partial charge on any atom is 0.243 e. The Hall–Kier alpha value is -1.59. The average Bonchev–Trinajstić information content (AvgIpc) is 2.93. The third-order valence-electron chi connectivity index (χ3n) is 3.84. The molecule has 1 aliphatic rings. The van der Waals surface area contributed by atoms with E-state index in [0.717, 1.165) is 5.69 Å².